The molecule has 2 aromatic rings. The quantitative estimate of drug-likeness (QED) is 0.782. The largest absolute Gasteiger partial charge is 0.360 e. The Labute approximate surface area is 93.5 Å². The molecule has 0 aliphatic rings. The second-order valence-corrected chi connectivity index (χ2v) is 3.92. The highest BCUT2D eigenvalue weighted by Gasteiger charge is 2.11. The van der Waals surface area contributed by atoms with Crippen molar-refractivity contribution in [3.8, 4) is 0 Å². The number of aromatic amines is 1. The molecule has 0 spiro atoms. The molecule has 0 radical (unpaired) electrons. The Morgan fingerprint density at radius 3 is 3.00 bits per heavy atom. The van der Waals surface area contributed by atoms with E-state index in [-0.39, 0.29) is 11.6 Å². The summed E-state index contributed by atoms with van der Waals surface area (Å²) in [5.74, 6) is -0.165. The Hall–Kier alpha value is -1.64. The van der Waals surface area contributed by atoms with Gasteiger partial charge in [-0.25, -0.2) is 4.39 Å². The van der Waals surface area contributed by atoms with Crippen molar-refractivity contribution in [2.24, 2.45) is 0 Å². The Morgan fingerprint density at radius 2 is 2.25 bits per heavy atom. The molecule has 0 saturated carbocycles. The van der Waals surface area contributed by atoms with Crippen LogP contribution < -0.4 is 0 Å². The van der Waals surface area contributed by atoms with Gasteiger partial charge in [0.2, 0.25) is 0 Å². The molecule has 1 N–H and O–H groups in total. The molecule has 0 amide bonds. The number of fused-ring (bicyclic) bond motifs is 1. The van der Waals surface area contributed by atoms with Crippen LogP contribution in [-0.2, 0) is 0 Å². The lowest BCUT2D eigenvalue weighted by atomic mass is 10.1. The number of benzene rings is 1. The van der Waals surface area contributed by atoms with Gasteiger partial charge in [0, 0.05) is 29.1 Å². The number of nitrogens with one attached hydrogen (secondary N) is 1. The van der Waals surface area contributed by atoms with Gasteiger partial charge >= 0.3 is 0 Å². The summed E-state index contributed by atoms with van der Waals surface area (Å²) in [5, 5.41) is 0.808. The summed E-state index contributed by atoms with van der Waals surface area (Å²) >= 11 is 0. The third kappa shape index (κ3) is 1.98. The van der Waals surface area contributed by atoms with E-state index in [1.165, 1.54) is 12.1 Å². The topological polar surface area (TPSA) is 32.9 Å². The maximum atomic E-state index is 12.9. The number of carbonyl (C=O) groups excluding carboxylic acids is 1. The lowest BCUT2D eigenvalue weighted by Crippen LogP contribution is -1.97. The van der Waals surface area contributed by atoms with E-state index in [2.05, 4.69) is 11.9 Å². The molecular formula is C13H14FNO. The van der Waals surface area contributed by atoms with Crippen molar-refractivity contribution in [1.29, 1.82) is 0 Å². The smallest absolute Gasteiger partial charge is 0.165 e. The van der Waals surface area contributed by atoms with E-state index in [0.717, 1.165) is 18.2 Å². The van der Waals surface area contributed by atoms with E-state index in [4.69, 9.17) is 0 Å². The van der Waals surface area contributed by atoms with Crippen molar-refractivity contribution < 1.29 is 9.18 Å². The molecule has 1 aromatic carbocycles. The van der Waals surface area contributed by atoms with Crippen LogP contribution in [0, 0.1) is 5.82 Å². The van der Waals surface area contributed by atoms with Gasteiger partial charge in [-0.3, -0.25) is 4.79 Å². The van der Waals surface area contributed by atoms with Crippen molar-refractivity contribution in [2.45, 2.75) is 26.2 Å². The molecular weight excluding hydrogens is 205 g/mol. The normalized spacial score (nSPS) is 10.9. The van der Waals surface area contributed by atoms with Crippen molar-refractivity contribution >= 4 is 16.7 Å². The number of hydrogen-bond acceptors (Lipinski definition) is 1. The molecule has 0 saturated heterocycles. The van der Waals surface area contributed by atoms with Crippen LogP contribution in [0.5, 0.6) is 0 Å². The molecule has 0 bridgehead atoms. The summed E-state index contributed by atoms with van der Waals surface area (Å²) in [6.45, 7) is 2.05. The first-order valence-corrected chi connectivity index (χ1v) is 5.52. The molecule has 0 fully saturated rings. The number of rotatable bonds is 4. The van der Waals surface area contributed by atoms with Crippen LogP contribution in [0.3, 0.4) is 0 Å². The fourth-order valence-electron chi connectivity index (χ4n) is 1.80. The third-order valence-electron chi connectivity index (χ3n) is 2.70. The van der Waals surface area contributed by atoms with E-state index < -0.39 is 0 Å². The van der Waals surface area contributed by atoms with Gasteiger partial charge < -0.3 is 4.98 Å². The van der Waals surface area contributed by atoms with E-state index in [1.807, 2.05) is 0 Å². The molecule has 0 atom stereocenters. The third-order valence-corrected chi connectivity index (χ3v) is 2.70. The molecule has 2 rings (SSSR count). The number of hydrogen-bond donors (Lipinski definition) is 1. The van der Waals surface area contributed by atoms with Gasteiger partial charge in [0.15, 0.2) is 5.78 Å². The zero-order valence-electron chi connectivity index (χ0n) is 9.22. The molecule has 0 aliphatic carbocycles. The highest BCUT2D eigenvalue weighted by molar-refractivity contribution is 6.07. The van der Waals surface area contributed by atoms with Crippen LogP contribution in [0.4, 0.5) is 4.39 Å². The average molecular weight is 219 g/mol. The lowest BCUT2D eigenvalue weighted by Gasteiger charge is -1.97. The van der Waals surface area contributed by atoms with Crippen molar-refractivity contribution in [3.63, 3.8) is 0 Å². The minimum Gasteiger partial charge on any atom is -0.360 e. The summed E-state index contributed by atoms with van der Waals surface area (Å²) < 4.78 is 12.9. The number of aromatic nitrogens is 1. The number of ketones is 1. The zero-order valence-corrected chi connectivity index (χ0v) is 9.22. The van der Waals surface area contributed by atoms with Gasteiger partial charge in [-0.15, -0.1) is 0 Å². The zero-order chi connectivity index (χ0) is 11.5. The van der Waals surface area contributed by atoms with E-state index in [9.17, 15) is 9.18 Å². The van der Waals surface area contributed by atoms with Crippen LogP contribution in [0.15, 0.2) is 24.4 Å². The SMILES string of the molecule is CCCCC(=O)c1c[nH]c2cc(F)ccc12. The summed E-state index contributed by atoms with van der Waals surface area (Å²) in [5.41, 5.74) is 1.35. The van der Waals surface area contributed by atoms with E-state index in [0.29, 0.717) is 17.5 Å². The molecule has 3 heteroatoms. The van der Waals surface area contributed by atoms with Crippen LogP contribution >= 0.6 is 0 Å². The first-order chi connectivity index (χ1) is 7.72. The minimum atomic E-state index is -0.290. The molecule has 1 heterocycles. The molecule has 0 aliphatic heterocycles. The predicted molar refractivity (Wildman–Crippen MR) is 62.1 cm³/mol. The van der Waals surface area contributed by atoms with Crippen LogP contribution in [-0.4, -0.2) is 10.8 Å². The Bertz CT molecular complexity index is 516. The maximum Gasteiger partial charge on any atom is 0.165 e. The second kappa shape index (κ2) is 4.47. The van der Waals surface area contributed by atoms with Crippen molar-refractivity contribution in [2.75, 3.05) is 0 Å². The molecule has 2 nitrogen and oxygen atoms in total. The summed E-state index contributed by atoms with van der Waals surface area (Å²) in [6, 6.07) is 4.44. The summed E-state index contributed by atoms with van der Waals surface area (Å²) in [4.78, 5) is 14.8. The second-order valence-electron chi connectivity index (χ2n) is 3.92. The standard InChI is InChI=1S/C13H14FNO/c1-2-3-4-13(16)11-8-15-12-7-9(14)5-6-10(11)12/h5-8,15H,2-4H2,1H3. The monoisotopic (exact) mass is 219 g/mol. The lowest BCUT2D eigenvalue weighted by molar-refractivity contribution is 0.0981. The van der Waals surface area contributed by atoms with Gasteiger partial charge in [0.25, 0.3) is 0 Å². The Morgan fingerprint density at radius 1 is 1.44 bits per heavy atom. The molecule has 1 aromatic heterocycles. The number of halogens is 1. The van der Waals surface area contributed by atoms with Crippen molar-refractivity contribution in [1.82, 2.24) is 4.98 Å². The first-order valence-electron chi connectivity index (χ1n) is 5.52. The summed E-state index contributed by atoms with van der Waals surface area (Å²) in [7, 11) is 0. The Balaban J connectivity index is 2.34. The summed E-state index contributed by atoms with van der Waals surface area (Å²) in [6.07, 6.45) is 4.12. The molecule has 16 heavy (non-hydrogen) atoms. The van der Waals surface area contributed by atoms with Gasteiger partial charge in [0.1, 0.15) is 5.82 Å². The van der Waals surface area contributed by atoms with Crippen LogP contribution in [0.1, 0.15) is 36.5 Å². The van der Waals surface area contributed by atoms with Crippen LogP contribution in [0.2, 0.25) is 0 Å². The predicted octanol–water partition coefficient (Wildman–Crippen LogP) is 3.68. The average Bonchev–Trinajstić information content (AvgIpc) is 2.68. The van der Waals surface area contributed by atoms with Crippen molar-refractivity contribution in [3.05, 3.63) is 35.8 Å². The van der Waals surface area contributed by atoms with Crippen LogP contribution in [0.25, 0.3) is 10.9 Å². The number of unbranched alkanes of at least 4 members (excludes halogenated alkanes) is 1. The van der Waals surface area contributed by atoms with Gasteiger partial charge in [-0.1, -0.05) is 13.3 Å². The number of H-pyrrole nitrogens is 1. The Kier molecular flexibility index (Phi) is 3.04. The molecule has 0 unspecified atom stereocenters. The van der Waals surface area contributed by atoms with E-state index >= 15 is 0 Å². The van der Waals surface area contributed by atoms with Gasteiger partial charge in [-0.05, 0) is 24.6 Å². The van der Waals surface area contributed by atoms with E-state index in [1.54, 1.807) is 12.3 Å². The van der Waals surface area contributed by atoms with Gasteiger partial charge in [-0.2, -0.15) is 0 Å². The fourth-order valence-corrected chi connectivity index (χ4v) is 1.80. The maximum absolute atomic E-state index is 12.9. The number of carbonyl (C=O) groups is 1. The first kappa shape index (κ1) is 10.9. The number of Topliss-reactive ketones (excluding diaryl/α,β-unsaturated/α-hetero) is 1. The fraction of sp³-hybridized carbons (Fsp3) is 0.308. The minimum absolute atomic E-state index is 0.125. The highest BCUT2D eigenvalue weighted by atomic mass is 19.1. The highest BCUT2D eigenvalue weighted by Crippen LogP contribution is 2.21. The molecule has 84 valence electrons. The van der Waals surface area contributed by atoms with Gasteiger partial charge in [0.05, 0.1) is 0 Å².